The van der Waals surface area contributed by atoms with E-state index in [9.17, 15) is 8.42 Å². The largest absolute Gasteiger partial charge is 0.355 e. The number of hydrogen-bond acceptors (Lipinski definition) is 4. The van der Waals surface area contributed by atoms with E-state index in [-0.39, 0.29) is 5.75 Å². The third-order valence-electron chi connectivity index (χ3n) is 3.16. The Morgan fingerprint density at radius 3 is 2.37 bits per heavy atom. The lowest BCUT2D eigenvalue weighted by Crippen LogP contribution is -2.43. The molecule has 1 saturated heterocycles. The minimum absolute atomic E-state index is 0.125. The molecular formula is C12H26N4O2S. The lowest BCUT2D eigenvalue weighted by molar-refractivity contribution is 0.232. The number of nitrogens with one attached hydrogen (secondary N) is 2. The van der Waals surface area contributed by atoms with E-state index in [1.807, 2.05) is 0 Å². The highest BCUT2D eigenvalue weighted by atomic mass is 32.2. The Morgan fingerprint density at radius 1 is 1.16 bits per heavy atom. The molecule has 1 heterocycles. The van der Waals surface area contributed by atoms with Gasteiger partial charge in [-0.3, -0.25) is 4.99 Å². The number of sulfone groups is 1. The van der Waals surface area contributed by atoms with Gasteiger partial charge in [-0.1, -0.05) is 6.42 Å². The van der Waals surface area contributed by atoms with E-state index >= 15 is 0 Å². The van der Waals surface area contributed by atoms with Crippen LogP contribution < -0.4 is 10.6 Å². The van der Waals surface area contributed by atoms with Gasteiger partial charge in [0.2, 0.25) is 0 Å². The monoisotopic (exact) mass is 290 g/mol. The number of rotatable bonds is 6. The molecular weight excluding hydrogens is 264 g/mol. The van der Waals surface area contributed by atoms with E-state index in [1.54, 1.807) is 7.05 Å². The second-order valence-electron chi connectivity index (χ2n) is 4.96. The normalized spacial score (nSPS) is 18.3. The van der Waals surface area contributed by atoms with Gasteiger partial charge in [-0.15, -0.1) is 0 Å². The zero-order valence-corrected chi connectivity index (χ0v) is 12.8. The maximum atomic E-state index is 11.0. The molecule has 0 spiro atoms. The number of likely N-dealkylation sites (tertiary alicyclic amines) is 1. The van der Waals surface area contributed by atoms with Gasteiger partial charge < -0.3 is 15.5 Å². The van der Waals surface area contributed by atoms with E-state index in [2.05, 4.69) is 20.5 Å². The lowest BCUT2D eigenvalue weighted by atomic mass is 10.1. The SMILES string of the molecule is CN=C(NCCN1CCCCC1)NCCS(C)(=O)=O. The van der Waals surface area contributed by atoms with Gasteiger partial charge in [0.1, 0.15) is 9.84 Å². The standard InChI is InChI=1S/C12H26N4O2S/c1-13-12(15-7-11-19(2,17)18)14-6-10-16-8-4-3-5-9-16/h3-11H2,1-2H3,(H2,13,14,15). The summed E-state index contributed by atoms with van der Waals surface area (Å²) in [6.07, 6.45) is 5.17. The van der Waals surface area contributed by atoms with Crippen LogP contribution in [0.5, 0.6) is 0 Å². The van der Waals surface area contributed by atoms with Gasteiger partial charge in [0.05, 0.1) is 5.75 Å². The molecule has 1 rings (SSSR count). The van der Waals surface area contributed by atoms with Crippen molar-refractivity contribution in [1.82, 2.24) is 15.5 Å². The molecule has 19 heavy (non-hydrogen) atoms. The van der Waals surface area contributed by atoms with Crippen LogP contribution in [0.4, 0.5) is 0 Å². The van der Waals surface area contributed by atoms with E-state index in [1.165, 1.54) is 38.6 Å². The summed E-state index contributed by atoms with van der Waals surface area (Å²) >= 11 is 0. The van der Waals surface area contributed by atoms with Crippen LogP contribution in [0.25, 0.3) is 0 Å². The number of piperidine rings is 1. The van der Waals surface area contributed by atoms with Crippen LogP contribution in [0, 0.1) is 0 Å². The molecule has 0 aromatic heterocycles. The van der Waals surface area contributed by atoms with Crippen LogP contribution in [0.3, 0.4) is 0 Å². The van der Waals surface area contributed by atoms with E-state index < -0.39 is 9.84 Å². The zero-order chi connectivity index (χ0) is 14.1. The number of guanidine groups is 1. The molecule has 0 amide bonds. The molecule has 0 aromatic rings. The van der Waals surface area contributed by atoms with Crippen molar-refractivity contribution in [2.75, 3.05) is 51.8 Å². The molecule has 0 saturated carbocycles. The van der Waals surface area contributed by atoms with Crippen molar-refractivity contribution in [3.63, 3.8) is 0 Å². The van der Waals surface area contributed by atoms with Crippen LogP contribution in [0.1, 0.15) is 19.3 Å². The maximum Gasteiger partial charge on any atom is 0.191 e. The quantitative estimate of drug-likeness (QED) is 0.518. The number of aliphatic imine (C=N–C) groups is 1. The molecule has 0 atom stereocenters. The number of nitrogens with zero attached hydrogens (tertiary/aromatic N) is 2. The Labute approximate surface area is 116 Å². The predicted molar refractivity (Wildman–Crippen MR) is 79.4 cm³/mol. The van der Waals surface area contributed by atoms with Gasteiger partial charge in [-0.05, 0) is 25.9 Å². The molecule has 6 nitrogen and oxygen atoms in total. The number of hydrogen-bond donors (Lipinski definition) is 2. The van der Waals surface area contributed by atoms with Crippen molar-refractivity contribution >= 4 is 15.8 Å². The fraction of sp³-hybridized carbons (Fsp3) is 0.917. The second-order valence-corrected chi connectivity index (χ2v) is 7.22. The van der Waals surface area contributed by atoms with Crippen molar-refractivity contribution in [3.05, 3.63) is 0 Å². The van der Waals surface area contributed by atoms with Crippen LogP contribution in [-0.4, -0.2) is 71.1 Å². The average Bonchev–Trinajstić information content (AvgIpc) is 2.37. The Kier molecular flexibility index (Phi) is 7.15. The second kappa shape index (κ2) is 8.37. The Hall–Kier alpha value is -0.820. The van der Waals surface area contributed by atoms with Crippen LogP contribution in [0.2, 0.25) is 0 Å². The summed E-state index contributed by atoms with van der Waals surface area (Å²) < 4.78 is 22.0. The molecule has 0 aromatic carbocycles. The molecule has 1 aliphatic heterocycles. The highest BCUT2D eigenvalue weighted by Gasteiger charge is 2.09. The summed E-state index contributed by atoms with van der Waals surface area (Å²) in [4.78, 5) is 6.52. The van der Waals surface area contributed by atoms with E-state index in [4.69, 9.17) is 0 Å². The molecule has 1 fully saturated rings. The van der Waals surface area contributed by atoms with Gasteiger partial charge in [0.25, 0.3) is 0 Å². The third-order valence-corrected chi connectivity index (χ3v) is 4.10. The van der Waals surface area contributed by atoms with Crippen molar-refractivity contribution in [3.8, 4) is 0 Å². The maximum absolute atomic E-state index is 11.0. The topological polar surface area (TPSA) is 73.8 Å². The van der Waals surface area contributed by atoms with E-state index in [0.29, 0.717) is 12.5 Å². The molecule has 0 unspecified atom stereocenters. The Bertz CT molecular complexity index is 375. The zero-order valence-electron chi connectivity index (χ0n) is 12.0. The molecule has 0 bridgehead atoms. The van der Waals surface area contributed by atoms with E-state index in [0.717, 1.165) is 13.1 Å². The first kappa shape index (κ1) is 16.2. The minimum Gasteiger partial charge on any atom is -0.355 e. The van der Waals surface area contributed by atoms with Crippen LogP contribution >= 0.6 is 0 Å². The summed E-state index contributed by atoms with van der Waals surface area (Å²) in [6, 6.07) is 0. The Morgan fingerprint density at radius 2 is 1.79 bits per heavy atom. The van der Waals surface area contributed by atoms with Gasteiger partial charge in [-0.25, -0.2) is 8.42 Å². The highest BCUT2D eigenvalue weighted by molar-refractivity contribution is 7.90. The first-order valence-electron chi connectivity index (χ1n) is 6.86. The van der Waals surface area contributed by atoms with Crippen LogP contribution in [-0.2, 0) is 9.84 Å². The molecule has 7 heteroatoms. The minimum atomic E-state index is -2.92. The molecule has 1 aliphatic rings. The van der Waals surface area contributed by atoms with Gasteiger partial charge >= 0.3 is 0 Å². The highest BCUT2D eigenvalue weighted by Crippen LogP contribution is 2.07. The fourth-order valence-electron chi connectivity index (χ4n) is 2.09. The lowest BCUT2D eigenvalue weighted by Gasteiger charge is -2.26. The van der Waals surface area contributed by atoms with Gasteiger partial charge in [-0.2, -0.15) is 0 Å². The molecule has 0 radical (unpaired) electrons. The molecule has 112 valence electrons. The van der Waals surface area contributed by atoms with Crippen molar-refractivity contribution in [2.24, 2.45) is 4.99 Å². The third kappa shape index (κ3) is 8.05. The molecule has 0 aliphatic carbocycles. The summed E-state index contributed by atoms with van der Waals surface area (Å²) in [5.41, 5.74) is 0. The smallest absolute Gasteiger partial charge is 0.191 e. The summed E-state index contributed by atoms with van der Waals surface area (Å²) in [6.45, 7) is 4.59. The van der Waals surface area contributed by atoms with Crippen molar-refractivity contribution < 1.29 is 8.42 Å². The predicted octanol–water partition coefficient (Wildman–Crippen LogP) is -0.318. The first-order valence-corrected chi connectivity index (χ1v) is 8.92. The Balaban J connectivity index is 2.14. The van der Waals surface area contributed by atoms with Crippen molar-refractivity contribution in [1.29, 1.82) is 0 Å². The molecule has 2 N–H and O–H groups in total. The summed E-state index contributed by atoms with van der Waals surface area (Å²) in [5.74, 6) is 0.792. The first-order chi connectivity index (χ1) is 9.01. The summed E-state index contributed by atoms with van der Waals surface area (Å²) in [5, 5.41) is 6.21. The van der Waals surface area contributed by atoms with Crippen LogP contribution in [0.15, 0.2) is 4.99 Å². The summed E-state index contributed by atoms with van der Waals surface area (Å²) in [7, 11) is -1.23. The van der Waals surface area contributed by atoms with Gasteiger partial charge in [0.15, 0.2) is 5.96 Å². The average molecular weight is 290 g/mol. The van der Waals surface area contributed by atoms with Gasteiger partial charge in [0, 0.05) is 32.9 Å². The van der Waals surface area contributed by atoms with Crippen molar-refractivity contribution in [2.45, 2.75) is 19.3 Å². The fourth-order valence-corrected chi connectivity index (χ4v) is 2.56.